The summed E-state index contributed by atoms with van der Waals surface area (Å²) < 4.78 is 0. The van der Waals surface area contributed by atoms with E-state index in [0.29, 0.717) is 5.69 Å². The van der Waals surface area contributed by atoms with E-state index in [1.807, 2.05) is 35.7 Å². The fraction of sp³-hybridized carbons (Fsp3) is 0.0588. The molecular formula is C17H14N2O2S. The van der Waals surface area contributed by atoms with E-state index in [0.717, 1.165) is 16.3 Å². The average Bonchev–Trinajstić information content (AvgIpc) is 2.99. The van der Waals surface area contributed by atoms with Gasteiger partial charge in [0.2, 0.25) is 5.91 Å². The molecule has 1 heterocycles. The Balaban J connectivity index is 1.68. The molecule has 5 heteroatoms. The van der Waals surface area contributed by atoms with E-state index in [-0.39, 0.29) is 18.1 Å². The summed E-state index contributed by atoms with van der Waals surface area (Å²) in [6, 6.07) is 16.5. The lowest BCUT2D eigenvalue weighted by Gasteiger charge is -2.05. The largest absolute Gasteiger partial charge is 0.506 e. The molecule has 0 unspecified atom stereocenters. The molecule has 2 N–H and O–H groups in total. The molecule has 110 valence electrons. The SMILES string of the molecule is O=C(Cc1nc(-c2ccccc2)cs1)Nc1ccccc1O. The van der Waals surface area contributed by atoms with Crippen molar-refractivity contribution >= 4 is 22.9 Å². The summed E-state index contributed by atoms with van der Waals surface area (Å²) in [5.41, 5.74) is 2.31. The summed E-state index contributed by atoms with van der Waals surface area (Å²) in [4.78, 5) is 16.5. The van der Waals surface area contributed by atoms with Gasteiger partial charge < -0.3 is 10.4 Å². The molecule has 22 heavy (non-hydrogen) atoms. The summed E-state index contributed by atoms with van der Waals surface area (Å²) in [6.45, 7) is 0. The van der Waals surface area contributed by atoms with Gasteiger partial charge in [-0.15, -0.1) is 11.3 Å². The van der Waals surface area contributed by atoms with Crippen molar-refractivity contribution in [3.8, 4) is 17.0 Å². The number of nitrogens with one attached hydrogen (secondary N) is 1. The number of nitrogens with zero attached hydrogens (tertiary/aromatic N) is 1. The molecule has 0 aliphatic carbocycles. The third kappa shape index (κ3) is 3.32. The summed E-state index contributed by atoms with van der Waals surface area (Å²) in [6.07, 6.45) is 0.186. The van der Waals surface area contributed by atoms with Crippen LogP contribution in [0.25, 0.3) is 11.3 Å². The molecule has 1 amide bonds. The van der Waals surface area contributed by atoms with E-state index in [1.54, 1.807) is 18.2 Å². The first kappa shape index (κ1) is 14.3. The van der Waals surface area contributed by atoms with Gasteiger partial charge in [-0.05, 0) is 12.1 Å². The van der Waals surface area contributed by atoms with E-state index < -0.39 is 0 Å². The molecule has 0 bridgehead atoms. The minimum Gasteiger partial charge on any atom is -0.506 e. The average molecular weight is 310 g/mol. The molecule has 2 aromatic carbocycles. The Bertz CT molecular complexity index is 784. The first-order valence-corrected chi connectivity index (χ1v) is 7.68. The number of amides is 1. The monoisotopic (exact) mass is 310 g/mol. The highest BCUT2D eigenvalue weighted by atomic mass is 32.1. The lowest BCUT2D eigenvalue weighted by molar-refractivity contribution is -0.115. The first-order valence-electron chi connectivity index (χ1n) is 6.80. The van der Waals surface area contributed by atoms with Crippen molar-refractivity contribution in [1.82, 2.24) is 4.98 Å². The van der Waals surface area contributed by atoms with Crippen molar-refractivity contribution in [3.05, 3.63) is 65.0 Å². The molecule has 0 saturated carbocycles. The van der Waals surface area contributed by atoms with Crippen LogP contribution in [0.1, 0.15) is 5.01 Å². The lowest BCUT2D eigenvalue weighted by atomic mass is 10.2. The van der Waals surface area contributed by atoms with Gasteiger partial charge in [-0.3, -0.25) is 4.79 Å². The number of hydrogen-bond donors (Lipinski definition) is 2. The Hall–Kier alpha value is -2.66. The summed E-state index contributed by atoms with van der Waals surface area (Å²) in [5, 5.41) is 15.0. The van der Waals surface area contributed by atoms with Gasteiger partial charge in [0.15, 0.2) is 0 Å². The van der Waals surface area contributed by atoms with Gasteiger partial charge in [-0.25, -0.2) is 4.98 Å². The van der Waals surface area contributed by atoms with Crippen LogP contribution in [0.4, 0.5) is 5.69 Å². The number of carbonyl (C=O) groups excluding carboxylic acids is 1. The number of benzene rings is 2. The smallest absolute Gasteiger partial charge is 0.231 e. The molecule has 4 nitrogen and oxygen atoms in total. The van der Waals surface area contributed by atoms with Crippen LogP contribution < -0.4 is 5.32 Å². The van der Waals surface area contributed by atoms with Crippen LogP contribution in [-0.2, 0) is 11.2 Å². The van der Waals surface area contributed by atoms with Crippen LogP contribution in [0.3, 0.4) is 0 Å². The number of carbonyl (C=O) groups is 1. The third-order valence-corrected chi connectivity index (χ3v) is 3.96. The number of rotatable bonds is 4. The van der Waals surface area contributed by atoms with Crippen LogP contribution >= 0.6 is 11.3 Å². The Morgan fingerprint density at radius 2 is 1.82 bits per heavy atom. The molecule has 0 aliphatic heterocycles. The standard InChI is InChI=1S/C17H14N2O2S/c20-15-9-5-4-8-13(15)18-16(21)10-17-19-14(11-22-17)12-6-2-1-3-7-12/h1-9,11,20H,10H2,(H,18,21). The van der Waals surface area contributed by atoms with Crippen molar-refractivity contribution in [1.29, 1.82) is 0 Å². The maximum atomic E-state index is 12.0. The van der Waals surface area contributed by atoms with Gasteiger partial charge in [0, 0.05) is 10.9 Å². The van der Waals surface area contributed by atoms with Gasteiger partial charge in [0.25, 0.3) is 0 Å². The van der Waals surface area contributed by atoms with Crippen molar-refractivity contribution in [2.75, 3.05) is 5.32 Å². The number of phenols is 1. The number of thiazole rings is 1. The van der Waals surface area contributed by atoms with Gasteiger partial charge in [-0.1, -0.05) is 42.5 Å². The molecule has 0 atom stereocenters. The zero-order chi connectivity index (χ0) is 15.4. The number of phenolic OH excluding ortho intramolecular Hbond substituents is 1. The third-order valence-electron chi connectivity index (χ3n) is 3.11. The second-order valence-corrected chi connectivity index (χ2v) is 5.68. The molecule has 0 spiro atoms. The highest BCUT2D eigenvalue weighted by molar-refractivity contribution is 7.10. The molecule has 0 radical (unpaired) electrons. The maximum absolute atomic E-state index is 12.0. The van der Waals surface area contributed by atoms with E-state index in [1.165, 1.54) is 17.4 Å². The molecule has 0 aliphatic rings. The van der Waals surface area contributed by atoms with Gasteiger partial charge in [-0.2, -0.15) is 0 Å². The molecule has 3 aromatic rings. The minimum atomic E-state index is -0.199. The fourth-order valence-corrected chi connectivity index (χ4v) is 2.85. The van der Waals surface area contributed by atoms with Crippen molar-refractivity contribution in [3.63, 3.8) is 0 Å². The zero-order valence-corrected chi connectivity index (χ0v) is 12.5. The highest BCUT2D eigenvalue weighted by Crippen LogP contribution is 2.24. The molecule has 0 saturated heterocycles. The summed E-state index contributed by atoms with van der Waals surface area (Å²) >= 11 is 1.45. The van der Waals surface area contributed by atoms with Crippen LogP contribution in [-0.4, -0.2) is 16.0 Å². The Morgan fingerprint density at radius 3 is 2.59 bits per heavy atom. The number of aromatic hydroxyl groups is 1. The molecule has 1 aromatic heterocycles. The van der Waals surface area contributed by atoms with Crippen LogP contribution in [0.5, 0.6) is 5.75 Å². The quantitative estimate of drug-likeness (QED) is 0.722. The predicted molar refractivity (Wildman–Crippen MR) is 88.0 cm³/mol. The Kier molecular flexibility index (Phi) is 4.16. The van der Waals surface area contributed by atoms with Gasteiger partial charge in [0.05, 0.1) is 17.8 Å². The van der Waals surface area contributed by atoms with E-state index in [4.69, 9.17) is 0 Å². The van der Waals surface area contributed by atoms with E-state index >= 15 is 0 Å². The number of hydrogen-bond acceptors (Lipinski definition) is 4. The Morgan fingerprint density at radius 1 is 1.09 bits per heavy atom. The van der Waals surface area contributed by atoms with Crippen LogP contribution in [0.2, 0.25) is 0 Å². The maximum Gasteiger partial charge on any atom is 0.231 e. The zero-order valence-electron chi connectivity index (χ0n) is 11.7. The number of aromatic nitrogens is 1. The van der Waals surface area contributed by atoms with E-state index in [9.17, 15) is 9.90 Å². The van der Waals surface area contributed by atoms with Crippen molar-refractivity contribution in [2.24, 2.45) is 0 Å². The van der Waals surface area contributed by atoms with Crippen LogP contribution in [0.15, 0.2) is 60.0 Å². The van der Waals surface area contributed by atoms with Gasteiger partial charge in [0.1, 0.15) is 10.8 Å². The molecule has 3 rings (SSSR count). The van der Waals surface area contributed by atoms with Crippen LogP contribution in [0, 0.1) is 0 Å². The Labute approximate surface area is 132 Å². The topological polar surface area (TPSA) is 62.2 Å². The second-order valence-electron chi connectivity index (χ2n) is 4.73. The lowest BCUT2D eigenvalue weighted by Crippen LogP contribution is -2.14. The summed E-state index contributed by atoms with van der Waals surface area (Å²) in [5.74, 6) is -0.143. The normalized spacial score (nSPS) is 10.4. The van der Waals surface area contributed by atoms with Crippen molar-refractivity contribution in [2.45, 2.75) is 6.42 Å². The minimum absolute atomic E-state index is 0.0555. The number of para-hydroxylation sites is 2. The summed E-state index contributed by atoms with van der Waals surface area (Å²) in [7, 11) is 0. The second kappa shape index (κ2) is 6.41. The first-order chi connectivity index (χ1) is 10.7. The van der Waals surface area contributed by atoms with Crippen molar-refractivity contribution < 1.29 is 9.90 Å². The fourth-order valence-electron chi connectivity index (χ4n) is 2.04. The highest BCUT2D eigenvalue weighted by Gasteiger charge is 2.10. The van der Waals surface area contributed by atoms with E-state index in [2.05, 4.69) is 10.3 Å². The number of anilines is 1. The molecular weight excluding hydrogens is 296 g/mol. The predicted octanol–water partition coefficient (Wildman–Crippen LogP) is 3.70. The van der Waals surface area contributed by atoms with Gasteiger partial charge >= 0.3 is 0 Å². The molecule has 0 fully saturated rings.